The Labute approximate surface area is 289 Å². The second kappa shape index (κ2) is 16.4. The zero-order chi connectivity index (χ0) is 35.9. The van der Waals surface area contributed by atoms with E-state index < -0.39 is 49.8 Å². The summed E-state index contributed by atoms with van der Waals surface area (Å²) in [5.74, 6) is -1.20. The Morgan fingerprint density at radius 2 is 1.65 bits per heavy atom. The molecule has 0 aromatic heterocycles. The summed E-state index contributed by atoms with van der Waals surface area (Å²) in [5.41, 5.74) is 1.17. The maximum Gasteiger partial charge on any atom is 0.261 e. The van der Waals surface area contributed by atoms with Crippen LogP contribution in [0.15, 0.2) is 76.5 Å². The Balaban J connectivity index is 1.67. The highest BCUT2D eigenvalue weighted by molar-refractivity contribution is 7.92. The SMILES string of the molecule is Cc1ccc(S(=O)(=O)Nc2ccc3c(c2)C(=O)N([C@@H](C)CO)C[C@H](C)[C@H](CN(C)S(=O)(=O)c2ccc(F)cc2)OCCCC[C@@H](C)O3)cc1. The smallest absolute Gasteiger partial charge is 0.261 e. The van der Waals surface area contributed by atoms with E-state index in [9.17, 15) is 31.1 Å². The number of carbonyl (C=O) groups excluding carboxylic acids is 1. The molecule has 3 aromatic carbocycles. The number of nitrogens with one attached hydrogen (secondary N) is 1. The van der Waals surface area contributed by atoms with Gasteiger partial charge in [-0.3, -0.25) is 9.52 Å². The molecular formula is C35H46FN3O8S2. The third-order valence-electron chi connectivity index (χ3n) is 8.59. The number of halogens is 1. The van der Waals surface area contributed by atoms with E-state index in [1.807, 2.05) is 20.8 Å². The van der Waals surface area contributed by atoms with Crippen molar-refractivity contribution in [1.29, 1.82) is 0 Å². The molecule has 0 bridgehead atoms. The van der Waals surface area contributed by atoms with E-state index in [2.05, 4.69) is 4.72 Å². The van der Waals surface area contributed by atoms with E-state index in [-0.39, 0.29) is 52.6 Å². The first-order valence-electron chi connectivity index (χ1n) is 16.3. The highest BCUT2D eigenvalue weighted by atomic mass is 32.2. The number of ether oxygens (including phenoxy) is 2. The molecule has 1 heterocycles. The molecule has 0 unspecified atom stereocenters. The highest BCUT2D eigenvalue weighted by Gasteiger charge is 2.32. The van der Waals surface area contributed by atoms with E-state index in [4.69, 9.17) is 9.47 Å². The van der Waals surface area contributed by atoms with Crippen LogP contribution < -0.4 is 9.46 Å². The van der Waals surface area contributed by atoms with Gasteiger partial charge in [0.05, 0.1) is 40.2 Å². The number of hydrogen-bond donors (Lipinski definition) is 2. The number of carbonyl (C=O) groups is 1. The number of aliphatic hydroxyl groups excluding tert-OH is 1. The van der Waals surface area contributed by atoms with Crippen molar-refractivity contribution in [3.05, 3.63) is 83.7 Å². The van der Waals surface area contributed by atoms with E-state index in [1.54, 1.807) is 25.1 Å². The van der Waals surface area contributed by atoms with Gasteiger partial charge < -0.3 is 19.5 Å². The van der Waals surface area contributed by atoms with Gasteiger partial charge in [0, 0.05) is 38.3 Å². The minimum absolute atomic E-state index is 0.0442. The Morgan fingerprint density at radius 3 is 2.31 bits per heavy atom. The van der Waals surface area contributed by atoms with E-state index in [0.717, 1.165) is 28.4 Å². The predicted molar refractivity (Wildman–Crippen MR) is 185 cm³/mol. The van der Waals surface area contributed by atoms with Crippen LogP contribution in [0.3, 0.4) is 0 Å². The number of fused-ring (bicyclic) bond motifs is 1. The molecule has 0 saturated carbocycles. The molecule has 2 N–H and O–H groups in total. The summed E-state index contributed by atoms with van der Waals surface area (Å²) in [6.07, 6.45) is 1.10. The van der Waals surface area contributed by atoms with Gasteiger partial charge in [0.2, 0.25) is 10.0 Å². The lowest BCUT2D eigenvalue weighted by atomic mass is 10.0. The van der Waals surface area contributed by atoms with Crippen LogP contribution in [-0.4, -0.2) is 88.7 Å². The number of nitrogens with zero attached hydrogens (tertiary/aromatic N) is 2. The Morgan fingerprint density at radius 1 is 1.00 bits per heavy atom. The van der Waals surface area contributed by atoms with Crippen LogP contribution in [0.1, 0.15) is 56.0 Å². The van der Waals surface area contributed by atoms with Crippen molar-refractivity contribution in [2.75, 3.05) is 38.1 Å². The molecule has 268 valence electrons. The lowest BCUT2D eigenvalue weighted by molar-refractivity contribution is -0.00834. The van der Waals surface area contributed by atoms with Gasteiger partial charge in [-0.05, 0) is 94.6 Å². The number of anilines is 1. The summed E-state index contributed by atoms with van der Waals surface area (Å²) < 4.78 is 82.8. The van der Waals surface area contributed by atoms with Gasteiger partial charge >= 0.3 is 0 Å². The molecule has 0 saturated heterocycles. The Hall–Kier alpha value is -3.56. The molecular weight excluding hydrogens is 674 g/mol. The molecule has 0 aliphatic carbocycles. The first kappa shape index (κ1) is 38.2. The topological polar surface area (TPSA) is 143 Å². The first-order valence-corrected chi connectivity index (χ1v) is 19.2. The number of aliphatic hydroxyl groups is 1. The second-order valence-corrected chi connectivity index (χ2v) is 16.4. The average molecular weight is 720 g/mol. The summed E-state index contributed by atoms with van der Waals surface area (Å²) in [6.45, 7) is 7.26. The van der Waals surface area contributed by atoms with Crippen LogP contribution >= 0.6 is 0 Å². The van der Waals surface area contributed by atoms with Crippen LogP contribution in [-0.2, 0) is 24.8 Å². The molecule has 1 aliphatic rings. The van der Waals surface area contributed by atoms with Crippen molar-refractivity contribution in [2.24, 2.45) is 5.92 Å². The molecule has 0 radical (unpaired) electrons. The van der Waals surface area contributed by atoms with Crippen molar-refractivity contribution in [2.45, 2.75) is 75.0 Å². The van der Waals surface area contributed by atoms with E-state index in [0.29, 0.717) is 19.4 Å². The summed E-state index contributed by atoms with van der Waals surface area (Å²) in [4.78, 5) is 15.8. The molecule has 4 atom stereocenters. The maximum absolute atomic E-state index is 14.4. The number of aryl methyl sites for hydroxylation is 1. The summed E-state index contributed by atoms with van der Waals surface area (Å²) >= 11 is 0. The van der Waals surface area contributed by atoms with Crippen molar-refractivity contribution >= 4 is 31.6 Å². The number of benzene rings is 3. The fourth-order valence-corrected chi connectivity index (χ4v) is 7.75. The number of likely N-dealkylation sites (N-methyl/N-ethyl adjacent to an activating group) is 1. The van der Waals surface area contributed by atoms with Crippen LogP contribution in [0.5, 0.6) is 5.75 Å². The van der Waals surface area contributed by atoms with E-state index >= 15 is 0 Å². The third kappa shape index (κ3) is 9.79. The summed E-state index contributed by atoms with van der Waals surface area (Å²) in [7, 11) is -6.53. The minimum Gasteiger partial charge on any atom is -0.490 e. The first-order chi connectivity index (χ1) is 23.1. The zero-order valence-corrected chi connectivity index (χ0v) is 30.1. The maximum atomic E-state index is 14.4. The molecule has 0 spiro atoms. The Kier molecular flexibility index (Phi) is 12.8. The van der Waals surface area contributed by atoms with Gasteiger partial charge in [0.15, 0.2) is 0 Å². The number of amides is 1. The van der Waals surface area contributed by atoms with Gasteiger partial charge in [-0.15, -0.1) is 0 Å². The lowest BCUT2D eigenvalue weighted by Crippen LogP contribution is -2.48. The minimum atomic E-state index is -3.98. The molecule has 1 aliphatic heterocycles. The molecule has 0 fully saturated rings. The Bertz CT molecular complexity index is 1790. The number of rotatable bonds is 9. The van der Waals surface area contributed by atoms with Crippen LogP contribution in [0, 0.1) is 18.7 Å². The molecule has 11 nitrogen and oxygen atoms in total. The molecule has 4 rings (SSSR count). The standard InChI is InChI=1S/C35H46FN3O8S2/c1-24-9-14-30(15-10-24)48(42,43)37-29-13-18-33-32(20-29)35(41)39(26(3)23-40)21-25(2)34(46-19-7-6-8-27(4)47-33)22-38(5)49(44,45)31-16-11-28(36)12-17-31/h9-18,20,25-27,34,37,40H,6-8,19,21-23H2,1-5H3/t25-,26-,27+,34-/m0/s1. The average Bonchev–Trinajstić information content (AvgIpc) is 3.06. The van der Waals surface area contributed by atoms with Crippen molar-refractivity contribution in [3.63, 3.8) is 0 Å². The second-order valence-electron chi connectivity index (χ2n) is 12.7. The molecule has 1 amide bonds. The van der Waals surface area contributed by atoms with Gasteiger partial charge in [-0.25, -0.2) is 21.2 Å². The fourth-order valence-electron chi connectivity index (χ4n) is 5.52. The summed E-state index contributed by atoms with van der Waals surface area (Å²) in [6, 6.07) is 14.8. The van der Waals surface area contributed by atoms with Crippen LogP contribution in [0.25, 0.3) is 0 Å². The summed E-state index contributed by atoms with van der Waals surface area (Å²) in [5, 5.41) is 10.2. The van der Waals surface area contributed by atoms with Crippen molar-refractivity contribution in [3.8, 4) is 5.75 Å². The molecule has 49 heavy (non-hydrogen) atoms. The van der Waals surface area contributed by atoms with Crippen molar-refractivity contribution < 1.29 is 40.6 Å². The quantitative estimate of drug-likeness (QED) is 0.313. The van der Waals surface area contributed by atoms with Crippen molar-refractivity contribution in [1.82, 2.24) is 9.21 Å². The van der Waals surface area contributed by atoms with Crippen LogP contribution in [0.4, 0.5) is 10.1 Å². The number of hydrogen-bond acceptors (Lipinski definition) is 8. The van der Waals surface area contributed by atoms with Gasteiger partial charge in [-0.1, -0.05) is 24.6 Å². The monoisotopic (exact) mass is 719 g/mol. The highest BCUT2D eigenvalue weighted by Crippen LogP contribution is 2.30. The lowest BCUT2D eigenvalue weighted by Gasteiger charge is -2.35. The predicted octanol–water partition coefficient (Wildman–Crippen LogP) is 5.05. The largest absolute Gasteiger partial charge is 0.490 e. The van der Waals surface area contributed by atoms with Crippen LogP contribution in [0.2, 0.25) is 0 Å². The zero-order valence-electron chi connectivity index (χ0n) is 28.5. The number of sulfonamides is 2. The van der Waals surface area contributed by atoms with Gasteiger partial charge in [-0.2, -0.15) is 4.31 Å². The molecule has 14 heteroatoms. The molecule has 3 aromatic rings. The fraction of sp³-hybridized carbons (Fsp3) is 0.457. The van der Waals surface area contributed by atoms with Gasteiger partial charge in [0.25, 0.3) is 15.9 Å². The van der Waals surface area contributed by atoms with Gasteiger partial charge in [0.1, 0.15) is 11.6 Å². The normalized spacial score (nSPS) is 20.6. The third-order valence-corrected chi connectivity index (χ3v) is 11.8. The van der Waals surface area contributed by atoms with E-state index in [1.165, 1.54) is 48.3 Å².